The highest BCUT2D eigenvalue weighted by Crippen LogP contribution is 2.18. The molecule has 1 aromatic carbocycles. The van der Waals surface area contributed by atoms with Crippen LogP contribution in [0.4, 0.5) is 0 Å². The molecular formula is C16H27N3O. The average Bonchev–Trinajstić information content (AvgIpc) is 2.46. The van der Waals surface area contributed by atoms with Crippen LogP contribution in [-0.2, 0) is 6.54 Å². The molecule has 4 nitrogen and oxygen atoms in total. The van der Waals surface area contributed by atoms with Crippen molar-refractivity contribution < 1.29 is 4.74 Å². The maximum atomic E-state index is 5.83. The van der Waals surface area contributed by atoms with Crippen molar-refractivity contribution in [2.45, 2.75) is 26.5 Å². The molecule has 0 bridgehead atoms. The summed E-state index contributed by atoms with van der Waals surface area (Å²) in [6, 6.07) is 8.28. The van der Waals surface area contributed by atoms with E-state index in [0.29, 0.717) is 0 Å². The van der Waals surface area contributed by atoms with E-state index in [1.807, 2.05) is 12.1 Å². The first-order valence-corrected chi connectivity index (χ1v) is 7.64. The summed E-state index contributed by atoms with van der Waals surface area (Å²) in [5.41, 5.74) is 1.24. The predicted octanol–water partition coefficient (Wildman–Crippen LogP) is 1.47. The minimum atomic E-state index is 0.219. The molecule has 1 saturated heterocycles. The van der Waals surface area contributed by atoms with Gasteiger partial charge in [0.15, 0.2) is 0 Å². The molecule has 0 saturated carbocycles. The summed E-state index contributed by atoms with van der Waals surface area (Å²) in [7, 11) is 0. The monoisotopic (exact) mass is 277 g/mol. The molecule has 1 aliphatic heterocycles. The van der Waals surface area contributed by atoms with E-state index in [0.717, 1.165) is 51.6 Å². The summed E-state index contributed by atoms with van der Waals surface area (Å²) in [5.74, 6) is 0.997. The Kier molecular flexibility index (Phi) is 6.30. The first-order chi connectivity index (χ1) is 9.75. The summed E-state index contributed by atoms with van der Waals surface area (Å²) in [4.78, 5) is 2.50. The highest BCUT2D eigenvalue weighted by Gasteiger charge is 2.09. The molecule has 0 aromatic heterocycles. The molecule has 20 heavy (non-hydrogen) atoms. The normalized spacial score (nSPS) is 16.6. The Hall–Kier alpha value is -1.10. The van der Waals surface area contributed by atoms with Crippen LogP contribution in [0, 0.1) is 0 Å². The second-order valence-electron chi connectivity index (χ2n) is 5.54. The van der Waals surface area contributed by atoms with Gasteiger partial charge in [0.25, 0.3) is 0 Å². The summed E-state index contributed by atoms with van der Waals surface area (Å²) in [5, 5.41) is 6.90. The fraction of sp³-hybridized carbons (Fsp3) is 0.625. The number of rotatable bonds is 7. The van der Waals surface area contributed by atoms with Gasteiger partial charge in [0.2, 0.25) is 0 Å². The third kappa shape index (κ3) is 5.12. The Balaban J connectivity index is 1.73. The molecule has 0 unspecified atom stereocenters. The Morgan fingerprint density at radius 1 is 1.25 bits per heavy atom. The van der Waals surface area contributed by atoms with Crippen molar-refractivity contribution in [1.29, 1.82) is 0 Å². The van der Waals surface area contributed by atoms with E-state index >= 15 is 0 Å². The van der Waals surface area contributed by atoms with Crippen LogP contribution < -0.4 is 15.4 Å². The van der Waals surface area contributed by atoms with E-state index in [2.05, 4.69) is 41.5 Å². The van der Waals surface area contributed by atoms with Gasteiger partial charge in [-0.15, -0.1) is 0 Å². The van der Waals surface area contributed by atoms with Gasteiger partial charge in [0.05, 0.1) is 6.10 Å². The van der Waals surface area contributed by atoms with Crippen LogP contribution in [0.5, 0.6) is 5.75 Å². The number of hydrogen-bond acceptors (Lipinski definition) is 4. The lowest BCUT2D eigenvalue weighted by molar-refractivity contribution is 0.236. The van der Waals surface area contributed by atoms with Crippen LogP contribution in [0.15, 0.2) is 24.3 Å². The number of para-hydroxylation sites is 1. The molecule has 1 aliphatic rings. The third-order valence-electron chi connectivity index (χ3n) is 3.47. The fourth-order valence-electron chi connectivity index (χ4n) is 2.41. The zero-order valence-corrected chi connectivity index (χ0v) is 12.7. The van der Waals surface area contributed by atoms with Crippen molar-refractivity contribution in [2.75, 3.05) is 39.3 Å². The molecule has 0 atom stereocenters. The van der Waals surface area contributed by atoms with Crippen LogP contribution in [0.1, 0.15) is 19.4 Å². The molecule has 4 heteroatoms. The molecule has 2 N–H and O–H groups in total. The molecular weight excluding hydrogens is 250 g/mol. The average molecular weight is 277 g/mol. The third-order valence-corrected chi connectivity index (χ3v) is 3.47. The van der Waals surface area contributed by atoms with Gasteiger partial charge in [0.1, 0.15) is 5.75 Å². The highest BCUT2D eigenvalue weighted by atomic mass is 16.5. The van der Waals surface area contributed by atoms with E-state index in [4.69, 9.17) is 4.74 Å². The van der Waals surface area contributed by atoms with Gasteiger partial charge >= 0.3 is 0 Å². The van der Waals surface area contributed by atoms with Crippen molar-refractivity contribution in [3.05, 3.63) is 29.8 Å². The summed E-state index contributed by atoms with van der Waals surface area (Å²) < 4.78 is 5.83. The summed E-state index contributed by atoms with van der Waals surface area (Å²) in [6.07, 6.45) is 0.219. The first-order valence-electron chi connectivity index (χ1n) is 7.64. The number of nitrogens with zero attached hydrogens (tertiary/aromatic N) is 1. The van der Waals surface area contributed by atoms with Crippen LogP contribution >= 0.6 is 0 Å². The minimum absolute atomic E-state index is 0.219. The van der Waals surface area contributed by atoms with Crippen LogP contribution in [0.2, 0.25) is 0 Å². The molecule has 0 radical (unpaired) electrons. The minimum Gasteiger partial charge on any atom is -0.491 e. The van der Waals surface area contributed by atoms with Crippen molar-refractivity contribution in [3.63, 3.8) is 0 Å². The standard InChI is InChI=1S/C16H27N3O/c1-14(2)20-16-6-4-3-5-15(16)13-18-9-12-19-10-7-17-8-11-19/h3-6,14,17-18H,7-13H2,1-2H3. The topological polar surface area (TPSA) is 36.5 Å². The molecule has 1 aromatic rings. The molecule has 0 spiro atoms. The fourth-order valence-corrected chi connectivity index (χ4v) is 2.41. The molecule has 112 valence electrons. The van der Waals surface area contributed by atoms with Crippen molar-refractivity contribution in [1.82, 2.24) is 15.5 Å². The van der Waals surface area contributed by atoms with Gasteiger partial charge in [-0.3, -0.25) is 4.90 Å². The molecule has 2 rings (SSSR count). The Morgan fingerprint density at radius 3 is 2.75 bits per heavy atom. The Bertz CT molecular complexity index is 389. The van der Waals surface area contributed by atoms with Gasteiger partial charge in [0, 0.05) is 51.4 Å². The maximum Gasteiger partial charge on any atom is 0.124 e. The van der Waals surface area contributed by atoms with E-state index in [9.17, 15) is 0 Å². The predicted molar refractivity (Wildman–Crippen MR) is 83.2 cm³/mol. The Labute approximate surface area is 122 Å². The SMILES string of the molecule is CC(C)Oc1ccccc1CNCCN1CCNCC1. The number of piperazine rings is 1. The first kappa shape index (κ1) is 15.3. The quantitative estimate of drug-likeness (QED) is 0.740. The largest absolute Gasteiger partial charge is 0.491 e. The summed E-state index contributed by atoms with van der Waals surface area (Å²) in [6.45, 7) is 11.7. The smallest absolute Gasteiger partial charge is 0.124 e. The number of hydrogen-bond donors (Lipinski definition) is 2. The second-order valence-corrected chi connectivity index (χ2v) is 5.54. The maximum absolute atomic E-state index is 5.83. The number of ether oxygens (including phenoxy) is 1. The van der Waals surface area contributed by atoms with E-state index in [1.54, 1.807) is 0 Å². The van der Waals surface area contributed by atoms with Crippen LogP contribution in [0.25, 0.3) is 0 Å². The van der Waals surface area contributed by atoms with Crippen molar-refractivity contribution in [2.24, 2.45) is 0 Å². The van der Waals surface area contributed by atoms with Gasteiger partial charge in [-0.1, -0.05) is 18.2 Å². The Morgan fingerprint density at radius 2 is 2.00 bits per heavy atom. The lowest BCUT2D eigenvalue weighted by atomic mass is 10.2. The number of nitrogens with one attached hydrogen (secondary N) is 2. The lowest BCUT2D eigenvalue weighted by Gasteiger charge is -2.27. The van der Waals surface area contributed by atoms with Crippen LogP contribution in [-0.4, -0.2) is 50.3 Å². The molecule has 0 aliphatic carbocycles. The van der Waals surface area contributed by atoms with E-state index in [-0.39, 0.29) is 6.10 Å². The lowest BCUT2D eigenvalue weighted by Crippen LogP contribution is -2.45. The number of benzene rings is 1. The van der Waals surface area contributed by atoms with Gasteiger partial charge in [-0.2, -0.15) is 0 Å². The van der Waals surface area contributed by atoms with Crippen LogP contribution in [0.3, 0.4) is 0 Å². The molecule has 1 heterocycles. The summed E-state index contributed by atoms with van der Waals surface area (Å²) >= 11 is 0. The van der Waals surface area contributed by atoms with E-state index < -0.39 is 0 Å². The molecule has 0 amide bonds. The van der Waals surface area contributed by atoms with Crippen molar-refractivity contribution >= 4 is 0 Å². The van der Waals surface area contributed by atoms with Crippen molar-refractivity contribution in [3.8, 4) is 5.75 Å². The van der Waals surface area contributed by atoms with Gasteiger partial charge < -0.3 is 15.4 Å². The van der Waals surface area contributed by atoms with Gasteiger partial charge in [-0.25, -0.2) is 0 Å². The molecule has 1 fully saturated rings. The zero-order chi connectivity index (χ0) is 14.2. The van der Waals surface area contributed by atoms with E-state index in [1.165, 1.54) is 5.56 Å². The highest BCUT2D eigenvalue weighted by molar-refractivity contribution is 5.33. The zero-order valence-electron chi connectivity index (χ0n) is 12.7. The second kappa shape index (κ2) is 8.25. The van der Waals surface area contributed by atoms with Gasteiger partial charge in [-0.05, 0) is 19.9 Å².